The van der Waals surface area contributed by atoms with Crippen LogP contribution in [-0.2, 0) is 0 Å². The molecule has 0 radical (unpaired) electrons. The van der Waals surface area contributed by atoms with Gasteiger partial charge in [0.25, 0.3) is 0 Å². The molecule has 1 aromatic rings. The van der Waals surface area contributed by atoms with Crippen molar-refractivity contribution in [2.45, 2.75) is 33.6 Å². The van der Waals surface area contributed by atoms with E-state index in [1.807, 2.05) is 6.08 Å². The second kappa shape index (κ2) is 5.44. The van der Waals surface area contributed by atoms with E-state index >= 15 is 0 Å². The standard InChI is InChI=1S/C11H16N2O3/c1-4-9(5-2)6-7-10-11(13(14)15)8(3)16-12-10/h6-7,9H,4-5H2,1-3H3. The first-order valence-electron chi connectivity index (χ1n) is 5.39. The maximum atomic E-state index is 10.8. The van der Waals surface area contributed by atoms with Gasteiger partial charge in [0.2, 0.25) is 5.76 Å². The summed E-state index contributed by atoms with van der Waals surface area (Å²) in [6.45, 7) is 5.71. The van der Waals surface area contributed by atoms with Crippen molar-refractivity contribution in [3.05, 3.63) is 27.6 Å². The monoisotopic (exact) mass is 224 g/mol. The number of allylic oxidation sites excluding steroid dienone is 1. The molecule has 5 nitrogen and oxygen atoms in total. The third-order valence-electron chi connectivity index (χ3n) is 2.61. The molecule has 0 aromatic carbocycles. The van der Waals surface area contributed by atoms with E-state index in [9.17, 15) is 10.1 Å². The normalized spacial score (nSPS) is 11.5. The fourth-order valence-electron chi connectivity index (χ4n) is 1.50. The molecule has 1 heterocycles. The third kappa shape index (κ3) is 2.68. The molecule has 0 fully saturated rings. The van der Waals surface area contributed by atoms with Gasteiger partial charge in [0.15, 0.2) is 5.69 Å². The highest BCUT2D eigenvalue weighted by atomic mass is 16.6. The molecule has 0 aliphatic rings. The van der Waals surface area contributed by atoms with Crippen molar-refractivity contribution in [1.82, 2.24) is 5.16 Å². The van der Waals surface area contributed by atoms with E-state index in [1.54, 1.807) is 13.0 Å². The van der Waals surface area contributed by atoms with Crippen LogP contribution in [-0.4, -0.2) is 10.1 Å². The maximum absolute atomic E-state index is 10.8. The smallest absolute Gasteiger partial charge is 0.338 e. The van der Waals surface area contributed by atoms with Crippen molar-refractivity contribution in [3.8, 4) is 0 Å². The number of rotatable bonds is 5. The van der Waals surface area contributed by atoms with E-state index in [-0.39, 0.29) is 11.4 Å². The Morgan fingerprint density at radius 2 is 2.12 bits per heavy atom. The van der Waals surface area contributed by atoms with Gasteiger partial charge in [0.05, 0.1) is 4.92 Å². The Labute approximate surface area is 94.3 Å². The van der Waals surface area contributed by atoms with E-state index < -0.39 is 4.92 Å². The summed E-state index contributed by atoms with van der Waals surface area (Å²) in [5.74, 6) is 0.672. The highest BCUT2D eigenvalue weighted by Crippen LogP contribution is 2.24. The van der Waals surface area contributed by atoms with Gasteiger partial charge in [-0.3, -0.25) is 10.1 Å². The lowest BCUT2D eigenvalue weighted by atomic mass is 10.0. The number of aromatic nitrogens is 1. The van der Waals surface area contributed by atoms with Gasteiger partial charge in [-0.2, -0.15) is 0 Å². The Hall–Kier alpha value is -1.65. The van der Waals surface area contributed by atoms with Crippen LogP contribution >= 0.6 is 0 Å². The van der Waals surface area contributed by atoms with E-state index in [0.717, 1.165) is 12.8 Å². The molecule has 5 heteroatoms. The Morgan fingerprint density at radius 3 is 2.62 bits per heavy atom. The van der Waals surface area contributed by atoms with Gasteiger partial charge in [-0.15, -0.1) is 0 Å². The van der Waals surface area contributed by atoms with Crippen molar-refractivity contribution >= 4 is 11.8 Å². The van der Waals surface area contributed by atoms with Crippen molar-refractivity contribution < 1.29 is 9.45 Å². The maximum Gasteiger partial charge on any atom is 0.338 e. The summed E-state index contributed by atoms with van der Waals surface area (Å²) in [4.78, 5) is 10.3. The molecule has 0 bridgehead atoms. The molecule has 1 rings (SSSR count). The molecule has 0 aliphatic heterocycles. The zero-order chi connectivity index (χ0) is 12.1. The van der Waals surface area contributed by atoms with Crippen LogP contribution in [0.4, 0.5) is 5.69 Å². The second-order valence-corrected chi connectivity index (χ2v) is 3.67. The summed E-state index contributed by atoms with van der Waals surface area (Å²) in [7, 11) is 0. The van der Waals surface area contributed by atoms with Crippen molar-refractivity contribution in [2.75, 3.05) is 0 Å². The second-order valence-electron chi connectivity index (χ2n) is 3.67. The average molecular weight is 224 g/mol. The van der Waals surface area contributed by atoms with Gasteiger partial charge >= 0.3 is 5.69 Å². The van der Waals surface area contributed by atoms with Gasteiger partial charge in [-0.25, -0.2) is 0 Å². The minimum atomic E-state index is -0.460. The molecule has 0 atom stereocenters. The van der Waals surface area contributed by atoms with Crippen LogP contribution in [0.15, 0.2) is 10.6 Å². The number of hydrogen-bond donors (Lipinski definition) is 0. The third-order valence-corrected chi connectivity index (χ3v) is 2.61. The number of nitro groups is 1. The quantitative estimate of drug-likeness (QED) is 0.568. The van der Waals surface area contributed by atoms with Gasteiger partial charge in [-0.05, 0) is 24.8 Å². The molecule has 0 amide bonds. The minimum Gasteiger partial charge on any atom is -0.354 e. The van der Waals surface area contributed by atoms with Gasteiger partial charge in [-0.1, -0.05) is 25.1 Å². The van der Waals surface area contributed by atoms with Gasteiger partial charge < -0.3 is 4.52 Å². The first-order chi connectivity index (χ1) is 7.60. The zero-order valence-electron chi connectivity index (χ0n) is 9.77. The lowest BCUT2D eigenvalue weighted by molar-refractivity contribution is -0.386. The highest BCUT2D eigenvalue weighted by Gasteiger charge is 2.21. The topological polar surface area (TPSA) is 69.2 Å². The molecular weight excluding hydrogens is 208 g/mol. The van der Waals surface area contributed by atoms with Crippen LogP contribution in [0.2, 0.25) is 0 Å². The molecule has 1 aromatic heterocycles. The fraction of sp³-hybridized carbons (Fsp3) is 0.545. The first kappa shape index (κ1) is 12.4. The predicted octanol–water partition coefficient (Wildman–Crippen LogP) is 3.34. The van der Waals surface area contributed by atoms with Crippen LogP contribution < -0.4 is 0 Å². The minimum absolute atomic E-state index is 0.0396. The Morgan fingerprint density at radius 1 is 1.50 bits per heavy atom. The summed E-state index contributed by atoms with van der Waals surface area (Å²) < 4.78 is 4.81. The molecule has 0 N–H and O–H groups in total. The van der Waals surface area contributed by atoms with Crippen molar-refractivity contribution in [1.29, 1.82) is 0 Å². The molecule has 0 saturated heterocycles. The number of hydrogen-bond acceptors (Lipinski definition) is 4. The Balaban J connectivity index is 2.93. The number of nitrogens with zero attached hydrogens (tertiary/aromatic N) is 2. The highest BCUT2D eigenvalue weighted by molar-refractivity contribution is 5.57. The van der Waals surface area contributed by atoms with Gasteiger partial charge in [0, 0.05) is 6.92 Å². The van der Waals surface area contributed by atoms with Crippen LogP contribution in [0.3, 0.4) is 0 Å². The summed E-state index contributed by atoms with van der Waals surface area (Å²) in [6, 6.07) is 0. The lowest BCUT2D eigenvalue weighted by Gasteiger charge is -2.03. The van der Waals surface area contributed by atoms with Gasteiger partial charge in [0.1, 0.15) is 0 Å². The molecule has 16 heavy (non-hydrogen) atoms. The Kier molecular flexibility index (Phi) is 4.22. The largest absolute Gasteiger partial charge is 0.354 e. The molecular formula is C11H16N2O3. The fourth-order valence-corrected chi connectivity index (χ4v) is 1.50. The Bertz CT molecular complexity index is 392. The van der Waals surface area contributed by atoms with Crippen LogP contribution in [0.5, 0.6) is 0 Å². The SMILES string of the molecule is CCC(C=Cc1noc(C)c1[N+](=O)[O-])CC. The summed E-state index contributed by atoms with van der Waals surface area (Å²) in [5, 5.41) is 14.4. The summed E-state index contributed by atoms with van der Waals surface area (Å²) >= 11 is 0. The summed E-state index contributed by atoms with van der Waals surface area (Å²) in [6.07, 6.45) is 5.64. The lowest BCUT2D eigenvalue weighted by Crippen LogP contribution is -1.93. The van der Waals surface area contributed by atoms with E-state index in [4.69, 9.17) is 4.52 Å². The predicted molar refractivity (Wildman–Crippen MR) is 61.0 cm³/mol. The molecule has 0 spiro atoms. The van der Waals surface area contributed by atoms with E-state index in [1.165, 1.54) is 0 Å². The van der Waals surface area contributed by atoms with Crippen LogP contribution in [0.1, 0.15) is 38.1 Å². The molecule has 0 unspecified atom stereocenters. The molecule has 0 aliphatic carbocycles. The van der Waals surface area contributed by atoms with E-state index in [2.05, 4.69) is 19.0 Å². The van der Waals surface area contributed by atoms with Crippen LogP contribution in [0.25, 0.3) is 6.08 Å². The summed E-state index contributed by atoms with van der Waals surface area (Å²) in [5.41, 5.74) is 0.261. The first-order valence-corrected chi connectivity index (χ1v) is 5.39. The van der Waals surface area contributed by atoms with E-state index in [0.29, 0.717) is 11.6 Å². The van der Waals surface area contributed by atoms with Crippen molar-refractivity contribution in [3.63, 3.8) is 0 Å². The zero-order valence-corrected chi connectivity index (χ0v) is 9.77. The average Bonchev–Trinajstić information content (AvgIpc) is 2.61. The number of aryl methyl sites for hydroxylation is 1. The molecule has 0 saturated carbocycles. The van der Waals surface area contributed by atoms with Crippen molar-refractivity contribution in [2.24, 2.45) is 5.92 Å². The molecule has 88 valence electrons. The van der Waals surface area contributed by atoms with Crippen LogP contribution in [0, 0.1) is 23.0 Å².